The summed E-state index contributed by atoms with van der Waals surface area (Å²) in [6, 6.07) is 7.01. The van der Waals surface area contributed by atoms with E-state index in [1.165, 1.54) is 7.11 Å². The van der Waals surface area contributed by atoms with Crippen molar-refractivity contribution in [3.8, 4) is 5.75 Å². The Bertz CT molecular complexity index is 926. The fourth-order valence-corrected chi connectivity index (χ4v) is 3.78. The standard InChI is InChI=1S/C24H30N2O6/c1-15(2)25-21(27)14-32-18-9-7-17(8-10-18)12-20-22(24(29)30-4)16(3)26(23(20)28)13-19-6-5-11-31-19/h7-10,12,15,19H,5-6,11,13-14H2,1-4H3,(H,25,27). The van der Waals surface area contributed by atoms with E-state index in [4.69, 9.17) is 14.2 Å². The molecule has 1 aromatic rings. The molecule has 0 bridgehead atoms. The minimum absolute atomic E-state index is 0.0310. The van der Waals surface area contributed by atoms with Gasteiger partial charge in [0.15, 0.2) is 6.61 Å². The Labute approximate surface area is 188 Å². The van der Waals surface area contributed by atoms with Gasteiger partial charge in [0.25, 0.3) is 11.8 Å². The van der Waals surface area contributed by atoms with Gasteiger partial charge in [-0.3, -0.25) is 9.59 Å². The van der Waals surface area contributed by atoms with E-state index in [1.807, 2.05) is 13.8 Å². The second-order valence-corrected chi connectivity index (χ2v) is 8.14. The van der Waals surface area contributed by atoms with Crippen molar-refractivity contribution in [2.75, 3.05) is 26.9 Å². The average Bonchev–Trinajstić information content (AvgIpc) is 3.35. The Hall–Kier alpha value is -3.13. The predicted octanol–water partition coefficient (Wildman–Crippen LogP) is 2.44. The summed E-state index contributed by atoms with van der Waals surface area (Å²) in [6.07, 6.45) is 3.50. The predicted molar refractivity (Wildman–Crippen MR) is 119 cm³/mol. The van der Waals surface area contributed by atoms with Crippen LogP contribution in [-0.4, -0.2) is 61.7 Å². The zero-order valence-electron chi connectivity index (χ0n) is 19.0. The van der Waals surface area contributed by atoms with Crippen LogP contribution in [0.4, 0.5) is 0 Å². The van der Waals surface area contributed by atoms with Gasteiger partial charge >= 0.3 is 5.97 Å². The van der Waals surface area contributed by atoms with Crippen molar-refractivity contribution in [2.24, 2.45) is 0 Å². The first-order valence-corrected chi connectivity index (χ1v) is 10.8. The van der Waals surface area contributed by atoms with Gasteiger partial charge in [0.2, 0.25) is 0 Å². The third-order valence-electron chi connectivity index (χ3n) is 5.32. The minimum atomic E-state index is -0.548. The molecule has 1 saturated heterocycles. The molecule has 8 nitrogen and oxygen atoms in total. The van der Waals surface area contributed by atoms with Gasteiger partial charge < -0.3 is 24.4 Å². The van der Waals surface area contributed by atoms with E-state index < -0.39 is 5.97 Å². The van der Waals surface area contributed by atoms with Gasteiger partial charge in [-0.05, 0) is 57.4 Å². The van der Waals surface area contributed by atoms with Crippen LogP contribution in [0.3, 0.4) is 0 Å². The first-order valence-electron chi connectivity index (χ1n) is 10.8. The number of benzene rings is 1. The summed E-state index contributed by atoms with van der Waals surface area (Å²) in [6.45, 7) is 6.53. The number of carbonyl (C=O) groups is 3. The van der Waals surface area contributed by atoms with Gasteiger partial charge in [-0.15, -0.1) is 0 Å². The van der Waals surface area contributed by atoms with Gasteiger partial charge in [0, 0.05) is 18.3 Å². The van der Waals surface area contributed by atoms with Crippen molar-refractivity contribution in [1.29, 1.82) is 0 Å². The summed E-state index contributed by atoms with van der Waals surface area (Å²) < 4.78 is 16.1. The van der Waals surface area contributed by atoms with Gasteiger partial charge in [-0.25, -0.2) is 4.79 Å². The molecule has 1 aromatic carbocycles. The Morgan fingerprint density at radius 2 is 2.00 bits per heavy atom. The van der Waals surface area contributed by atoms with Gasteiger partial charge in [0.1, 0.15) is 5.75 Å². The summed E-state index contributed by atoms with van der Waals surface area (Å²) in [7, 11) is 1.30. The van der Waals surface area contributed by atoms with Crippen LogP contribution in [0.5, 0.6) is 5.75 Å². The monoisotopic (exact) mass is 442 g/mol. The number of hydrogen-bond acceptors (Lipinski definition) is 6. The molecule has 1 atom stereocenters. The molecule has 0 radical (unpaired) electrons. The number of amides is 2. The fourth-order valence-electron chi connectivity index (χ4n) is 3.78. The van der Waals surface area contributed by atoms with E-state index >= 15 is 0 Å². The fraction of sp³-hybridized carbons (Fsp3) is 0.458. The zero-order valence-corrected chi connectivity index (χ0v) is 19.0. The van der Waals surface area contributed by atoms with E-state index in [-0.39, 0.29) is 41.7 Å². The highest BCUT2D eigenvalue weighted by atomic mass is 16.5. The van der Waals surface area contributed by atoms with Crippen LogP contribution in [-0.2, 0) is 23.9 Å². The second-order valence-electron chi connectivity index (χ2n) is 8.14. The van der Waals surface area contributed by atoms with Crippen LogP contribution in [0.2, 0.25) is 0 Å². The number of hydrogen-bond donors (Lipinski definition) is 1. The number of carbonyl (C=O) groups excluding carboxylic acids is 3. The summed E-state index contributed by atoms with van der Waals surface area (Å²) in [5.74, 6) is -0.460. The quantitative estimate of drug-likeness (QED) is 0.491. The number of esters is 1. The summed E-state index contributed by atoms with van der Waals surface area (Å²) >= 11 is 0. The topological polar surface area (TPSA) is 94.2 Å². The van der Waals surface area contributed by atoms with E-state index in [0.29, 0.717) is 24.6 Å². The highest BCUT2D eigenvalue weighted by Crippen LogP contribution is 2.33. The molecule has 1 fully saturated rings. The Morgan fingerprint density at radius 1 is 1.28 bits per heavy atom. The van der Waals surface area contributed by atoms with Gasteiger partial charge in [-0.1, -0.05) is 12.1 Å². The minimum Gasteiger partial charge on any atom is -0.484 e. The first kappa shape index (κ1) is 23.5. The maximum absolute atomic E-state index is 13.2. The van der Waals surface area contributed by atoms with E-state index in [1.54, 1.807) is 42.2 Å². The van der Waals surface area contributed by atoms with Crippen LogP contribution in [0, 0.1) is 0 Å². The molecule has 8 heteroatoms. The lowest BCUT2D eigenvalue weighted by atomic mass is 10.0. The number of nitrogens with zero attached hydrogens (tertiary/aromatic N) is 1. The highest BCUT2D eigenvalue weighted by Gasteiger charge is 2.38. The number of rotatable bonds is 8. The molecule has 1 N–H and O–H groups in total. The normalized spacial score (nSPS) is 19.8. The molecule has 3 rings (SSSR count). The van der Waals surface area contributed by atoms with Crippen LogP contribution >= 0.6 is 0 Å². The molecule has 2 amide bonds. The van der Waals surface area contributed by atoms with Crippen molar-refractivity contribution in [3.63, 3.8) is 0 Å². The van der Waals surface area contributed by atoms with Crippen molar-refractivity contribution in [3.05, 3.63) is 46.7 Å². The SMILES string of the molecule is COC(=O)C1=C(C)N(CC2CCCO2)C(=O)C1=Cc1ccc(OCC(=O)NC(C)C)cc1. The van der Waals surface area contributed by atoms with E-state index in [9.17, 15) is 14.4 Å². The van der Waals surface area contributed by atoms with Crippen LogP contribution in [0.25, 0.3) is 6.08 Å². The maximum Gasteiger partial charge on any atom is 0.340 e. The largest absolute Gasteiger partial charge is 0.484 e. The molecule has 0 saturated carbocycles. The molecule has 172 valence electrons. The average molecular weight is 443 g/mol. The number of allylic oxidation sites excluding steroid dienone is 1. The molecule has 2 heterocycles. The molecular formula is C24H30N2O6. The molecule has 0 aliphatic carbocycles. The first-order chi connectivity index (χ1) is 15.3. The number of methoxy groups -OCH3 is 1. The van der Waals surface area contributed by atoms with Crippen LogP contribution < -0.4 is 10.1 Å². The summed E-state index contributed by atoms with van der Waals surface area (Å²) in [5.41, 5.74) is 1.85. The van der Waals surface area contributed by atoms with E-state index in [2.05, 4.69) is 5.32 Å². The Kier molecular flexibility index (Phi) is 7.69. The van der Waals surface area contributed by atoms with Crippen molar-refractivity contribution >= 4 is 23.9 Å². The van der Waals surface area contributed by atoms with E-state index in [0.717, 1.165) is 18.4 Å². The third kappa shape index (κ3) is 5.56. The number of nitrogens with one attached hydrogen (secondary N) is 1. The highest BCUT2D eigenvalue weighted by molar-refractivity contribution is 6.16. The Morgan fingerprint density at radius 3 is 2.59 bits per heavy atom. The molecule has 2 aliphatic rings. The van der Waals surface area contributed by atoms with Gasteiger partial charge in [0.05, 0.1) is 30.9 Å². The lowest BCUT2D eigenvalue weighted by molar-refractivity contribution is -0.136. The third-order valence-corrected chi connectivity index (χ3v) is 5.32. The van der Waals surface area contributed by atoms with Gasteiger partial charge in [-0.2, -0.15) is 0 Å². The molecule has 0 aromatic heterocycles. The zero-order chi connectivity index (χ0) is 23.3. The lowest BCUT2D eigenvalue weighted by Crippen LogP contribution is -2.34. The molecule has 0 spiro atoms. The van der Waals surface area contributed by atoms with Crippen molar-refractivity contribution in [2.45, 2.75) is 45.8 Å². The Balaban J connectivity index is 1.77. The molecular weight excluding hydrogens is 412 g/mol. The second kappa shape index (κ2) is 10.5. The molecule has 1 unspecified atom stereocenters. The summed E-state index contributed by atoms with van der Waals surface area (Å²) in [4.78, 5) is 38.9. The molecule has 2 aliphatic heterocycles. The maximum atomic E-state index is 13.2. The van der Waals surface area contributed by atoms with Crippen LogP contribution in [0.15, 0.2) is 41.1 Å². The van der Waals surface area contributed by atoms with Crippen molar-refractivity contribution in [1.82, 2.24) is 10.2 Å². The van der Waals surface area contributed by atoms with Crippen molar-refractivity contribution < 1.29 is 28.6 Å². The molecule has 32 heavy (non-hydrogen) atoms. The van der Waals surface area contributed by atoms with Crippen LogP contribution in [0.1, 0.15) is 39.2 Å². The lowest BCUT2D eigenvalue weighted by Gasteiger charge is -2.21. The number of ether oxygens (including phenoxy) is 3. The summed E-state index contributed by atoms with van der Waals surface area (Å²) in [5, 5.41) is 2.76. The smallest absolute Gasteiger partial charge is 0.340 e.